The first-order valence-corrected chi connectivity index (χ1v) is 5.39. The Hall–Kier alpha value is -0.830. The summed E-state index contributed by atoms with van der Waals surface area (Å²) in [5.41, 5.74) is -0.247. The Kier molecular flexibility index (Phi) is 3.91. The van der Waals surface area contributed by atoms with E-state index in [0.29, 0.717) is 0 Å². The van der Waals surface area contributed by atoms with E-state index in [9.17, 15) is 9.90 Å². The van der Waals surface area contributed by atoms with Gasteiger partial charge in [-0.3, -0.25) is 4.79 Å². The van der Waals surface area contributed by atoms with E-state index in [2.05, 4.69) is 12.2 Å². The van der Waals surface area contributed by atoms with Crippen LogP contribution < -0.4 is 0 Å². The summed E-state index contributed by atoms with van der Waals surface area (Å²) >= 11 is 0. The van der Waals surface area contributed by atoms with Crippen molar-refractivity contribution in [2.24, 2.45) is 11.3 Å². The van der Waals surface area contributed by atoms with Crippen LogP contribution in [0.2, 0.25) is 0 Å². The SMILES string of the molecule is COC1CC/C=C\CC(C)(C)C1C(=O)O. The number of carboxylic acid groups (broad SMARTS) is 1. The molecule has 1 N–H and O–H groups in total. The van der Waals surface area contributed by atoms with Crippen molar-refractivity contribution in [1.29, 1.82) is 0 Å². The lowest BCUT2D eigenvalue weighted by atomic mass is 9.71. The Morgan fingerprint density at radius 1 is 1.47 bits per heavy atom. The first kappa shape index (κ1) is 12.2. The van der Waals surface area contributed by atoms with Gasteiger partial charge in [0, 0.05) is 7.11 Å². The van der Waals surface area contributed by atoms with Gasteiger partial charge in [-0.15, -0.1) is 0 Å². The molecule has 15 heavy (non-hydrogen) atoms. The molecule has 86 valence electrons. The highest BCUT2D eigenvalue weighted by Crippen LogP contribution is 2.37. The molecular weight excluding hydrogens is 192 g/mol. The molecule has 0 saturated heterocycles. The van der Waals surface area contributed by atoms with E-state index < -0.39 is 11.9 Å². The fraction of sp³-hybridized carbons (Fsp3) is 0.750. The molecule has 0 bridgehead atoms. The van der Waals surface area contributed by atoms with Crippen molar-refractivity contribution in [2.45, 2.75) is 39.2 Å². The molecule has 0 radical (unpaired) electrons. The van der Waals surface area contributed by atoms with E-state index in [1.165, 1.54) is 0 Å². The van der Waals surface area contributed by atoms with Crippen molar-refractivity contribution in [3.63, 3.8) is 0 Å². The van der Waals surface area contributed by atoms with Crippen molar-refractivity contribution < 1.29 is 14.6 Å². The summed E-state index contributed by atoms with van der Waals surface area (Å²) in [6.07, 6.45) is 6.51. The van der Waals surface area contributed by atoms with Crippen LogP contribution in [-0.2, 0) is 9.53 Å². The molecule has 0 fully saturated rings. The second-order valence-corrected chi connectivity index (χ2v) is 4.83. The fourth-order valence-corrected chi connectivity index (χ4v) is 2.31. The van der Waals surface area contributed by atoms with Gasteiger partial charge in [-0.05, 0) is 24.7 Å². The maximum Gasteiger partial charge on any atom is 0.309 e. The Balaban J connectivity index is 2.96. The molecule has 0 aliphatic heterocycles. The lowest BCUT2D eigenvalue weighted by molar-refractivity contribution is -0.153. The summed E-state index contributed by atoms with van der Waals surface area (Å²) in [6.45, 7) is 3.99. The van der Waals surface area contributed by atoms with Gasteiger partial charge in [0.1, 0.15) is 0 Å². The predicted molar refractivity (Wildman–Crippen MR) is 58.7 cm³/mol. The number of allylic oxidation sites excluding steroid dienone is 2. The molecule has 0 aromatic rings. The van der Waals surface area contributed by atoms with Gasteiger partial charge in [-0.25, -0.2) is 0 Å². The van der Waals surface area contributed by atoms with Crippen LogP contribution in [0.25, 0.3) is 0 Å². The molecular formula is C12H20O3. The molecule has 0 saturated carbocycles. The first-order chi connectivity index (χ1) is 6.99. The highest BCUT2D eigenvalue weighted by atomic mass is 16.5. The molecule has 1 rings (SSSR count). The number of carboxylic acids is 1. The van der Waals surface area contributed by atoms with Crippen LogP contribution in [0.15, 0.2) is 12.2 Å². The summed E-state index contributed by atoms with van der Waals surface area (Å²) in [7, 11) is 1.60. The monoisotopic (exact) mass is 212 g/mol. The van der Waals surface area contributed by atoms with Gasteiger partial charge >= 0.3 is 5.97 Å². The Labute approximate surface area is 91.1 Å². The molecule has 1 aliphatic carbocycles. The first-order valence-electron chi connectivity index (χ1n) is 5.39. The lowest BCUT2D eigenvalue weighted by Gasteiger charge is -2.36. The molecule has 2 atom stereocenters. The average molecular weight is 212 g/mol. The zero-order valence-corrected chi connectivity index (χ0v) is 9.69. The third kappa shape index (κ3) is 2.81. The minimum Gasteiger partial charge on any atom is -0.481 e. The van der Waals surface area contributed by atoms with E-state index in [-0.39, 0.29) is 11.5 Å². The summed E-state index contributed by atoms with van der Waals surface area (Å²) in [5.74, 6) is -1.17. The van der Waals surface area contributed by atoms with Crippen LogP contribution in [-0.4, -0.2) is 24.3 Å². The molecule has 0 aromatic heterocycles. The molecule has 3 heteroatoms. The van der Waals surface area contributed by atoms with E-state index in [4.69, 9.17) is 4.74 Å². The topological polar surface area (TPSA) is 46.5 Å². The zero-order valence-electron chi connectivity index (χ0n) is 9.69. The van der Waals surface area contributed by atoms with Crippen molar-refractivity contribution in [3.05, 3.63) is 12.2 Å². The van der Waals surface area contributed by atoms with Gasteiger partial charge in [-0.2, -0.15) is 0 Å². The number of hydrogen-bond acceptors (Lipinski definition) is 2. The van der Waals surface area contributed by atoms with Gasteiger partial charge in [0.2, 0.25) is 0 Å². The molecule has 0 spiro atoms. The third-order valence-corrected chi connectivity index (χ3v) is 3.21. The molecule has 1 aliphatic rings. The smallest absolute Gasteiger partial charge is 0.309 e. The number of aliphatic carboxylic acids is 1. The molecule has 2 unspecified atom stereocenters. The van der Waals surface area contributed by atoms with Crippen LogP contribution in [0, 0.1) is 11.3 Å². The third-order valence-electron chi connectivity index (χ3n) is 3.21. The van der Waals surface area contributed by atoms with Crippen molar-refractivity contribution >= 4 is 5.97 Å². The summed E-state index contributed by atoms with van der Waals surface area (Å²) in [4.78, 5) is 11.3. The predicted octanol–water partition coefficient (Wildman–Crippen LogP) is 2.47. The highest BCUT2D eigenvalue weighted by molar-refractivity contribution is 5.71. The molecule has 3 nitrogen and oxygen atoms in total. The average Bonchev–Trinajstić information content (AvgIpc) is 2.11. The number of ether oxygens (including phenoxy) is 1. The quantitative estimate of drug-likeness (QED) is 0.715. The second-order valence-electron chi connectivity index (χ2n) is 4.83. The van der Waals surface area contributed by atoms with E-state index >= 15 is 0 Å². The second kappa shape index (κ2) is 4.79. The van der Waals surface area contributed by atoms with Gasteiger partial charge in [0.15, 0.2) is 0 Å². The van der Waals surface area contributed by atoms with Crippen LogP contribution in [0.5, 0.6) is 0 Å². The minimum absolute atomic E-state index is 0.178. The molecule has 0 amide bonds. The van der Waals surface area contributed by atoms with Crippen LogP contribution >= 0.6 is 0 Å². The number of rotatable bonds is 2. The Morgan fingerprint density at radius 3 is 2.67 bits per heavy atom. The largest absolute Gasteiger partial charge is 0.481 e. The van der Waals surface area contributed by atoms with Crippen molar-refractivity contribution in [1.82, 2.24) is 0 Å². The van der Waals surface area contributed by atoms with Crippen LogP contribution in [0.4, 0.5) is 0 Å². The van der Waals surface area contributed by atoms with Crippen LogP contribution in [0.3, 0.4) is 0 Å². The standard InChI is InChI=1S/C12H20O3/c1-12(2)8-6-4-5-7-9(15-3)10(12)11(13)14/h4,6,9-10H,5,7-8H2,1-3H3,(H,13,14)/b6-4-. The zero-order chi connectivity index (χ0) is 11.5. The molecule has 0 heterocycles. The Bertz CT molecular complexity index is 256. The maximum absolute atomic E-state index is 11.3. The Morgan fingerprint density at radius 2 is 2.13 bits per heavy atom. The van der Waals surface area contributed by atoms with Crippen molar-refractivity contribution in [3.8, 4) is 0 Å². The molecule has 0 aromatic carbocycles. The van der Waals surface area contributed by atoms with E-state index in [1.54, 1.807) is 7.11 Å². The van der Waals surface area contributed by atoms with Gasteiger partial charge in [-0.1, -0.05) is 26.0 Å². The summed E-state index contributed by atoms with van der Waals surface area (Å²) < 4.78 is 5.32. The van der Waals surface area contributed by atoms with Gasteiger partial charge in [0.05, 0.1) is 12.0 Å². The van der Waals surface area contributed by atoms with E-state index in [0.717, 1.165) is 19.3 Å². The fourth-order valence-electron chi connectivity index (χ4n) is 2.31. The number of carbonyl (C=O) groups is 1. The van der Waals surface area contributed by atoms with Gasteiger partial charge < -0.3 is 9.84 Å². The maximum atomic E-state index is 11.3. The van der Waals surface area contributed by atoms with E-state index in [1.807, 2.05) is 13.8 Å². The minimum atomic E-state index is -0.748. The number of methoxy groups -OCH3 is 1. The highest BCUT2D eigenvalue weighted by Gasteiger charge is 2.40. The normalized spacial score (nSPS) is 32.7. The van der Waals surface area contributed by atoms with Crippen molar-refractivity contribution in [2.75, 3.05) is 7.11 Å². The van der Waals surface area contributed by atoms with Crippen LogP contribution in [0.1, 0.15) is 33.1 Å². The lowest BCUT2D eigenvalue weighted by Crippen LogP contribution is -2.41. The van der Waals surface area contributed by atoms with Gasteiger partial charge in [0.25, 0.3) is 0 Å². The number of hydrogen-bond donors (Lipinski definition) is 1. The summed E-state index contributed by atoms with van der Waals surface area (Å²) in [5, 5.41) is 9.29. The summed E-state index contributed by atoms with van der Waals surface area (Å²) in [6, 6.07) is 0.